The molecule has 0 aliphatic carbocycles. The van der Waals surface area contributed by atoms with Crippen molar-refractivity contribution in [3.63, 3.8) is 0 Å². The summed E-state index contributed by atoms with van der Waals surface area (Å²) >= 11 is 0. The van der Waals surface area contributed by atoms with Gasteiger partial charge in [-0.25, -0.2) is 0 Å². The Morgan fingerprint density at radius 3 is 2.62 bits per heavy atom. The first-order valence-electron chi connectivity index (χ1n) is 7.90. The Morgan fingerprint density at radius 2 is 1.95 bits per heavy atom. The molecular weight excluding hydrogens is 292 g/mol. The Hall–Kier alpha value is -0.660. The van der Waals surface area contributed by atoms with E-state index in [2.05, 4.69) is 0 Å². The Morgan fingerprint density at radius 1 is 1.19 bits per heavy atom. The molecule has 122 valence electrons. The van der Waals surface area contributed by atoms with E-state index in [1.54, 1.807) is 11.2 Å². The maximum absolute atomic E-state index is 12.8. The molecule has 6 nitrogen and oxygen atoms in total. The van der Waals surface area contributed by atoms with Crippen molar-refractivity contribution in [3.8, 4) is 0 Å². The fourth-order valence-corrected chi connectivity index (χ4v) is 5.11. The Labute approximate surface area is 127 Å². The molecule has 2 saturated heterocycles. The smallest absolute Gasteiger partial charge is 0.310 e. The van der Waals surface area contributed by atoms with Gasteiger partial charge in [-0.05, 0) is 39.5 Å². The van der Waals surface area contributed by atoms with Crippen molar-refractivity contribution >= 4 is 16.2 Å². The molecule has 2 aliphatic rings. The molecule has 7 heteroatoms. The topological polar surface area (TPSA) is 66.9 Å². The Balaban J connectivity index is 2.07. The molecule has 0 aromatic heterocycles. The third-order valence-electron chi connectivity index (χ3n) is 4.37. The second-order valence-electron chi connectivity index (χ2n) is 5.91. The van der Waals surface area contributed by atoms with Gasteiger partial charge in [0.2, 0.25) is 0 Å². The summed E-state index contributed by atoms with van der Waals surface area (Å²) in [5.41, 5.74) is 0. The lowest BCUT2D eigenvalue weighted by Crippen LogP contribution is -2.53. The van der Waals surface area contributed by atoms with Gasteiger partial charge in [-0.1, -0.05) is 6.42 Å². The van der Waals surface area contributed by atoms with E-state index in [0.29, 0.717) is 32.5 Å². The highest BCUT2D eigenvalue weighted by Crippen LogP contribution is 2.26. The van der Waals surface area contributed by atoms with E-state index < -0.39 is 10.2 Å². The summed E-state index contributed by atoms with van der Waals surface area (Å²) in [6, 6.07) is 0.0479. The first-order valence-corrected chi connectivity index (χ1v) is 9.30. The van der Waals surface area contributed by atoms with E-state index >= 15 is 0 Å². The van der Waals surface area contributed by atoms with E-state index in [4.69, 9.17) is 4.74 Å². The number of hydrogen-bond acceptors (Lipinski definition) is 4. The lowest BCUT2D eigenvalue weighted by Gasteiger charge is -2.38. The average Bonchev–Trinajstić information content (AvgIpc) is 2.48. The van der Waals surface area contributed by atoms with E-state index in [1.807, 2.05) is 6.92 Å². The van der Waals surface area contributed by atoms with Gasteiger partial charge in [0.15, 0.2) is 0 Å². The first kappa shape index (κ1) is 16.7. The third kappa shape index (κ3) is 3.76. The van der Waals surface area contributed by atoms with Crippen LogP contribution in [0.25, 0.3) is 0 Å². The van der Waals surface area contributed by atoms with Crippen LogP contribution in [0, 0.1) is 5.92 Å². The highest BCUT2D eigenvalue weighted by Gasteiger charge is 2.38. The number of carbonyl (C=O) groups is 1. The summed E-state index contributed by atoms with van der Waals surface area (Å²) in [6.07, 6.45) is 4.33. The summed E-state index contributed by atoms with van der Waals surface area (Å²) in [4.78, 5) is 11.9. The summed E-state index contributed by atoms with van der Waals surface area (Å²) in [5.74, 6) is -0.599. The van der Waals surface area contributed by atoms with Gasteiger partial charge in [-0.15, -0.1) is 0 Å². The first-order chi connectivity index (χ1) is 9.96. The quantitative estimate of drug-likeness (QED) is 0.735. The predicted octanol–water partition coefficient (Wildman–Crippen LogP) is 1.38. The standard InChI is InChI=1S/C14H26N2O4S/c1-3-20-14(17)13-8-6-9-15(11-13)21(18,19)16-10-5-4-7-12(16)2/h12-13H,3-11H2,1-2H3/t12?,13-/m0/s1. The molecule has 0 radical (unpaired) electrons. The molecule has 0 amide bonds. The average molecular weight is 318 g/mol. The zero-order valence-corrected chi connectivity index (χ0v) is 13.8. The van der Waals surface area contributed by atoms with E-state index in [9.17, 15) is 13.2 Å². The van der Waals surface area contributed by atoms with Crippen LogP contribution in [0.3, 0.4) is 0 Å². The highest BCUT2D eigenvalue weighted by atomic mass is 32.2. The normalized spacial score (nSPS) is 29.2. The lowest BCUT2D eigenvalue weighted by atomic mass is 10.0. The molecule has 2 heterocycles. The second kappa shape index (κ2) is 7.07. The van der Waals surface area contributed by atoms with Gasteiger partial charge < -0.3 is 4.74 Å². The zero-order valence-electron chi connectivity index (χ0n) is 13.0. The van der Waals surface area contributed by atoms with Crippen LogP contribution in [-0.4, -0.2) is 55.3 Å². The fourth-order valence-electron chi connectivity index (χ4n) is 3.17. The minimum atomic E-state index is -3.46. The Bertz CT molecular complexity index is 466. The summed E-state index contributed by atoms with van der Waals surface area (Å²) in [5, 5.41) is 0. The third-order valence-corrected chi connectivity index (χ3v) is 6.49. The summed E-state index contributed by atoms with van der Waals surface area (Å²) < 4.78 is 33.7. The number of rotatable bonds is 4. The fraction of sp³-hybridized carbons (Fsp3) is 0.929. The number of ether oxygens (including phenoxy) is 1. The summed E-state index contributed by atoms with van der Waals surface area (Å²) in [7, 11) is -3.46. The second-order valence-corrected chi connectivity index (χ2v) is 7.79. The van der Waals surface area contributed by atoms with Crippen molar-refractivity contribution < 1.29 is 17.9 Å². The van der Waals surface area contributed by atoms with Gasteiger partial charge in [0.1, 0.15) is 0 Å². The van der Waals surface area contributed by atoms with Crippen LogP contribution in [0.5, 0.6) is 0 Å². The van der Waals surface area contributed by atoms with Gasteiger partial charge in [-0.2, -0.15) is 17.0 Å². The SMILES string of the molecule is CCOC(=O)[C@H]1CCCN(S(=O)(=O)N2CCCCC2C)C1. The van der Waals surface area contributed by atoms with Crippen molar-refractivity contribution in [1.82, 2.24) is 8.61 Å². The van der Waals surface area contributed by atoms with Crippen LogP contribution in [0.2, 0.25) is 0 Å². The van der Waals surface area contributed by atoms with Crippen molar-refractivity contribution in [3.05, 3.63) is 0 Å². The summed E-state index contributed by atoms with van der Waals surface area (Å²) in [6.45, 7) is 5.41. The van der Waals surface area contributed by atoms with Crippen molar-refractivity contribution in [2.75, 3.05) is 26.2 Å². The molecular formula is C14H26N2O4S. The van der Waals surface area contributed by atoms with Crippen LogP contribution in [0.1, 0.15) is 46.0 Å². The molecule has 0 N–H and O–H groups in total. The molecule has 21 heavy (non-hydrogen) atoms. The van der Waals surface area contributed by atoms with E-state index in [0.717, 1.165) is 19.3 Å². The molecule has 0 aromatic carbocycles. The lowest BCUT2D eigenvalue weighted by molar-refractivity contribution is -0.149. The van der Waals surface area contributed by atoms with Crippen LogP contribution >= 0.6 is 0 Å². The molecule has 2 atom stereocenters. The maximum Gasteiger partial charge on any atom is 0.310 e. The molecule has 2 fully saturated rings. The van der Waals surface area contributed by atoms with Crippen molar-refractivity contribution in [2.45, 2.75) is 52.0 Å². The highest BCUT2D eigenvalue weighted by molar-refractivity contribution is 7.86. The van der Waals surface area contributed by atoms with Crippen LogP contribution in [-0.2, 0) is 19.7 Å². The van der Waals surface area contributed by atoms with Crippen LogP contribution in [0.15, 0.2) is 0 Å². The maximum atomic E-state index is 12.8. The minimum Gasteiger partial charge on any atom is -0.466 e. The number of carbonyl (C=O) groups excluding carboxylic acids is 1. The molecule has 0 aromatic rings. The van der Waals surface area contributed by atoms with Gasteiger partial charge in [-0.3, -0.25) is 4.79 Å². The van der Waals surface area contributed by atoms with E-state index in [1.165, 1.54) is 4.31 Å². The van der Waals surface area contributed by atoms with Gasteiger partial charge in [0.05, 0.1) is 12.5 Å². The molecule has 1 unspecified atom stereocenters. The molecule has 2 rings (SSSR count). The Kier molecular flexibility index (Phi) is 5.62. The largest absolute Gasteiger partial charge is 0.466 e. The van der Waals surface area contributed by atoms with Crippen molar-refractivity contribution in [1.29, 1.82) is 0 Å². The van der Waals surface area contributed by atoms with Crippen LogP contribution in [0.4, 0.5) is 0 Å². The molecule has 0 saturated carbocycles. The van der Waals surface area contributed by atoms with E-state index in [-0.39, 0.29) is 24.5 Å². The number of esters is 1. The predicted molar refractivity (Wildman–Crippen MR) is 79.9 cm³/mol. The monoisotopic (exact) mass is 318 g/mol. The van der Waals surface area contributed by atoms with Crippen LogP contribution < -0.4 is 0 Å². The zero-order chi connectivity index (χ0) is 15.5. The number of nitrogens with zero attached hydrogens (tertiary/aromatic N) is 2. The minimum absolute atomic E-state index is 0.0479. The molecule has 0 spiro atoms. The molecule has 0 bridgehead atoms. The van der Waals surface area contributed by atoms with Gasteiger partial charge in [0.25, 0.3) is 10.2 Å². The number of piperidine rings is 2. The van der Waals surface area contributed by atoms with Crippen molar-refractivity contribution in [2.24, 2.45) is 5.92 Å². The van der Waals surface area contributed by atoms with Gasteiger partial charge >= 0.3 is 5.97 Å². The molecule has 2 aliphatic heterocycles. The van der Waals surface area contributed by atoms with Gasteiger partial charge in [0, 0.05) is 25.7 Å². The number of hydrogen-bond donors (Lipinski definition) is 0.